The molecule has 0 aromatic heterocycles. The molecule has 3 rings (SSSR count). The largest absolute Gasteiger partial charge is 0.493 e. The summed E-state index contributed by atoms with van der Waals surface area (Å²) in [6.45, 7) is 2.71. The fourth-order valence-electron chi connectivity index (χ4n) is 2.55. The smallest absolute Gasteiger partial charge is 0.124 e. The minimum absolute atomic E-state index is 0.00330. The predicted octanol–water partition coefficient (Wildman–Crippen LogP) is 3.97. The van der Waals surface area contributed by atoms with E-state index >= 15 is 0 Å². The molecule has 2 N–H and O–H groups in total. The van der Waals surface area contributed by atoms with Crippen LogP contribution in [0.15, 0.2) is 53.4 Å². The minimum Gasteiger partial charge on any atom is -0.493 e. The van der Waals surface area contributed by atoms with Crippen molar-refractivity contribution in [2.24, 2.45) is 5.73 Å². The summed E-state index contributed by atoms with van der Waals surface area (Å²) in [6.07, 6.45) is 0. The standard InChI is InChI=1S/C17H19NOS/c1-12(18)14-6-2-4-8-16(14)19-10-13-11-20-17-9-5-3-7-15(13)17/h2-9,12-13H,10-11,18H2,1H3/t12-,13?/m0/s1. The average Bonchev–Trinajstić information content (AvgIpc) is 2.88. The van der Waals surface area contributed by atoms with Gasteiger partial charge in [0.1, 0.15) is 5.75 Å². The van der Waals surface area contributed by atoms with E-state index in [1.165, 1.54) is 10.5 Å². The Morgan fingerprint density at radius 1 is 1.20 bits per heavy atom. The number of thioether (sulfide) groups is 1. The molecule has 0 fully saturated rings. The average molecular weight is 285 g/mol. The summed E-state index contributed by atoms with van der Waals surface area (Å²) in [5.41, 5.74) is 8.48. The van der Waals surface area contributed by atoms with Gasteiger partial charge in [-0.15, -0.1) is 11.8 Å². The second-order valence-corrected chi connectivity index (χ2v) is 6.25. The first-order valence-corrected chi connectivity index (χ1v) is 7.93. The van der Waals surface area contributed by atoms with E-state index < -0.39 is 0 Å². The molecule has 20 heavy (non-hydrogen) atoms. The van der Waals surface area contributed by atoms with Crippen molar-refractivity contribution in [3.63, 3.8) is 0 Å². The monoisotopic (exact) mass is 285 g/mol. The molecule has 2 atom stereocenters. The molecule has 2 nitrogen and oxygen atoms in total. The van der Waals surface area contributed by atoms with Crippen molar-refractivity contribution in [3.05, 3.63) is 59.7 Å². The molecule has 2 aromatic carbocycles. The Balaban J connectivity index is 1.72. The number of fused-ring (bicyclic) bond motifs is 1. The van der Waals surface area contributed by atoms with Gasteiger partial charge in [-0.2, -0.15) is 0 Å². The number of nitrogens with two attached hydrogens (primary N) is 1. The highest BCUT2D eigenvalue weighted by Crippen LogP contribution is 2.39. The summed E-state index contributed by atoms with van der Waals surface area (Å²) >= 11 is 1.92. The summed E-state index contributed by atoms with van der Waals surface area (Å²) in [6, 6.07) is 16.6. The highest BCUT2D eigenvalue weighted by Gasteiger charge is 2.23. The van der Waals surface area contributed by atoms with Crippen LogP contribution in [0.25, 0.3) is 0 Å². The summed E-state index contributed by atoms with van der Waals surface area (Å²) in [5, 5.41) is 0. The van der Waals surface area contributed by atoms with Crippen LogP contribution in [0.4, 0.5) is 0 Å². The maximum Gasteiger partial charge on any atom is 0.124 e. The topological polar surface area (TPSA) is 35.2 Å². The van der Waals surface area contributed by atoms with E-state index in [2.05, 4.69) is 24.3 Å². The number of para-hydroxylation sites is 1. The van der Waals surface area contributed by atoms with Gasteiger partial charge in [0.25, 0.3) is 0 Å². The van der Waals surface area contributed by atoms with E-state index in [1.807, 2.05) is 43.0 Å². The molecule has 0 aliphatic carbocycles. The van der Waals surface area contributed by atoms with E-state index in [1.54, 1.807) is 0 Å². The van der Waals surface area contributed by atoms with Crippen molar-refractivity contribution in [2.75, 3.05) is 12.4 Å². The van der Waals surface area contributed by atoms with Crippen LogP contribution in [0.3, 0.4) is 0 Å². The molecule has 3 heteroatoms. The third-order valence-electron chi connectivity index (χ3n) is 3.65. The highest BCUT2D eigenvalue weighted by molar-refractivity contribution is 7.99. The van der Waals surface area contributed by atoms with Crippen molar-refractivity contribution < 1.29 is 4.74 Å². The van der Waals surface area contributed by atoms with Crippen LogP contribution in [0.5, 0.6) is 5.75 Å². The lowest BCUT2D eigenvalue weighted by molar-refractivity contribution is 0.294. The third-order valence-corrected chi connectivity index (χ3v) is 4.90. The molecular formula is C17H19NOS. The SMILES string of the molecule is C[C@H](N)c1ccccc1OCC1CSc2ccccc21. The Morgan fingerprint density at radius 2 is 1.95 bits per heavy atom. The van der Waals surface area contributed by atoms with Gasteiger partial charge in [-0.1, -0.05) is 36.4 Å². The summed E-state index contributed by atoms with van der Waals surface area (Å²) < 4.78 is 6.05. The molecule has 0 spiro atoms. The zero-order chi connectivity index (χ0) is 13.9. The molecule has 0 saturated carbocycles. The lowest BCUT2D eigenvalue weighted by Gasteiger charge is -2.17. The molecule has 1 unspecified atom stereocenters. The van der Waals surface area contributed by atoms with Crippen LogP contribution < -0.4 is 10.5 Å². The van der Waals surface area contributed by atoms with Gasteiger partial charge in [-0.3, -0.25) is 0 Å². The van der Waals surface area contributed by atoms with Gasteiger partial charge >= 0.3 is 0 Å². The van der Waals surface area contributed by atoms with Crippen LogP contribution in [0.1, 0.15) is 30.0 Å². The van der Waals surface area contributed by atoms with Gasteiger partial charge in [0.2, 0.25) is 0 Å². The maximum atomic E-state index is 6.05. The van der Waals surface area contributed by atoms with Crippen LogP contribution in [-0.2, 0) is 0 Å². The number of hydrogen-bond donors (Lipinski definition) is 1. The Hall–Kier alpha value is -1.45. The Morgan fingerprint density at radius 3 is 2.80 bits per heavy atom. The van der Waals surface area contributed by atoms with Crippen LogP contribution in [-0.4, -0.2) is 12.4 Å². The van der Waals surface area contributed by atoms with Crippen molar-refractivity contribution in [3.8, 4) is 5.75 Å². The van der Waals surface area contributed by atoms with Gasteiger partial charge in [0, 0.05) is 28.2 Å². The predicted molar refractivity (Wildman–Crippen MR) is 84.4 cm³/mol. The fraction of sp³-hybridized carbons (Fsp3) is 0.294. The first-order valence-electron chi connectivity index (χ1n) is 6.94. The fourth-order valence-corrected chi connectivity index (χ4v) is 3.78. The lowest BCUT2D eigenvalue weighted by Crippen LogP contribution is -2.13. The number of rotatable bonds is 4. The third kappa shape index (κ3) is 2.69. The maximum absolute atomic E-state index is 6.05. The molecule has 0 radical (unpaired) electrons. The van der Waals surface area contributed by atoms with Crippen molar-refractivity contribution in [1.82, 2.24) is 0 Å². The molecule has 0 saturated heterocycles. The van der Waals surface area contributed by atoms with Gasteiger partial charge in [-0.25, -0.2) is 0 Å². The molecule has 1 heterocycles. The van der Waals surface area contributed by atoms with E-state index in [9.17, 15) is 0 Å². The molecule has 2 aromatic rings. The van der Waals surface area contributed by atoms with Crippen molar-refractivity contribution >= 4 is 11.8 Å². The first-order chi connectivity index (χ1) is 9.75. The summed E-state index contributed by atoms with van der Waals surface area (Å²) in [4.78, 5) is 1.39. The van der Waals surface area contributed by atoms with Gasteiger partial charge < -0.3 is 10.5 Å². The zero-order valence-corrected chi connectivity index (χ0v) is 12.4. The van der Waals surface area contributed by atoms with Crippen LogP contribution in [0, 0.1) is 0 Å². The summed E-state index contributed by atoms with van der Waals surface area (Å²) in [5.74, 6) is 2.48. The Labute approximate surface area is 124 Å². The lowest BCUT2D eigenvalue weighted by atomic mass is 10.0. The van der Waals surface area contributed by atoms with E-state index in [-0.39, 0.29) is 6.04 Å². The minimum atomic E-state index is -0.00330. The second kappa shape index (κ2) is 5.90. The number of ether oxygens (including phenoxy) is 1. The Kier molecular flexibility index (Phi) is 3.99. The summed E-state index contributed by atoms with van der Waals surface area (Å²) in [7, 11) is 0. The van der Waals surface area contributed by atoms with Gasteiger partial charge in [0.05, 0.1) is 6.61 Å². The molecule has 0 amide bonds. The van der Waals surface area contributed by atoms with E-state index in [0.29, 0.717) is 12.5 Å². The van der Waals surface area contributed by atoms with Gasteiger partial charge in [-0.05, 0) is 24.6 Å². The highest BCUT2D eigenvalue weighted by atomic mass is 32.2. The zero-order valence-electron chi connectivity index (χ0n) is 11.6. The van der Waals surface area contributed by atoms with Gasteiger partial charge in [0.15, 0.2) is 0 Å². The molecule has 1 aliphatic rings. The van der Waals surface area contributed by atoms with E-state index in [0.717, 1.165) is 17.1 Å². The Bertz CT molecular complexity index is 597. The second-order valence-electron chi connectivity index (χ2n) is 5.18. The number of benzene rings is 2. The van der Waals surface area contributed by atoms with Crippen molar-refractivity contribution in [2.45, 2.75) is 23.8 Å². The molecule has 0 bridgehead atoms. The molecule has 104 valence electrons. The van der Waals surface area contributed by atoms with Crippen LogP contribution >= 0.6 is 11.8 Å². The quantitative estimate of drug-likeness (QED) is 0.923. The normalized spacial score (nSPS) is 18.6. The van der Waals surface area contributed by atoms with Crippen LogP contribution in [0.2, 0.25) is 0 Å². The molecule has 1 aliphatic heterocycles. The first kappa shape index (κ1) is 13.5. The van der Waals surface area contributed by atoms with Crippen molar-refractivity contribution in [1.29, 1.82) is 0 Å². The number of hydrogen-bond acceptors (Lipinski definition) is 3. The van der Waals surface area contributed by atoms with E-state index in [4.69, 9.17) is 10.5 Å². The molecular weight excluding hydrogens is 266 g/mol.